The highest BCUT2D eigenvalue weighted by molar-refractivity contribution is 5.86. The van der Waals surface area contributed by atoms with Crippen molar-refractivity contribution in [3.8, 4) is 28.3 Å². The van der Waals surface area contributed by atoms with Gasteiger partial charge in [-0.25, -0.2) is 5.10 Å². The fraction of sp³-hybridized carbons (Fsp3) is 0.269. The van der Waals surface area contributed by atoms with Crippen LogP contribution in [0.15, 0.2) is 47.3 Å². The lowest BCUT2D eigenvalue weighted by Gasteiger charge is -2.20. The van der Waals surface area contributed by atoms with Gasteiger partial charge < -0.3 is 15.2 Å². The number of aromatic hydroxyl groups is 1. The molecule has 4 N–H and O–H groups in total. The molecule has 2 aromatic heterocycles. The third-order valence-corrected chi connectivity index (χ3v) is 6.60. The van der Waals surface area contributed by atoms with Gasteiger partial charge in [-0.1, -0.05) is 12.1 Å². The van der Waals surface area contributed by atoms with Crippen LogP contribution in [0.25, 0.3) is 33.4 Å². The highest BCUT2D eigenvalue weighted by Crippen LogP contribution is 2.30. The van der Waals surface area contributed by atoms with E-state index >= 15 is 0 Å². The van der Waals surface area contributed by atoms with Crippen molar-refractivity contribution in [3.05, 3.63) is 69.5 Å². The standard InChI is InChI=1S/C26H26N4O4/c1-14-8-18(9-15(2)24(14)31)21-12-19(25(32)29-28-21)22-11-17-6-5-16(10-20(17)27-22)13-30-7-3-4-23(30)26(33)34/h5-6,8-12,23,27,31H,3-4,7,13H2,1-2H3,(H,29,32)(H,33,34). The molecule has 3 heterocycles. The van der Waals surface area contributed by atoms with Crippen LogP contribution in [0.2, 0.25) is 0 Å². The molecule has 0 radical (unpaired) electrons. The molecule has 1 aliphatic rings. The van der Waals surface area contributed by atoms with Crippen LogP contribution in [0.3, 0.4) is 0 Å². The van der Waals surface area contributed by atoms with E-state index in [-0.39, 0.29) is 11.3 Å². The summed E-state index contributed by atoms with van der Waals surface area (Å²) >= 11 is 0. The number of hydrogen-bond acceptors (Lipinski definition) is 5. The Kier molecular flexibility index (Phi) is 5.45. The maximum absolute atomic E-state index is 12.6. The number of aromatic amines is 2. The summed E-state index contributed by atoms with van der Waals surface area (Å²) in [4.78, 5) is 29.5. The highest BCUT2D eigenvalue weighted by Gasteiger charge is 2.30. The normalized spacial score (nSPS) is 16.4. The first-order valence-corrected chi connectivity index (χ1v) is 11.3. The van der Waals surface area contributed by atoms with E-state index in [2.05, 4.69) is 15.2 Å². The van der Waals surface area contributed by atoms with E-state index in [1.54, 1.807) is 6.07 Å². The Hall–Kier alpha value is -3.91. The molecule has 34 heavy (non-hydrogen) atoms. The van der Waals surface area contributed by atoms with E-state index in [4.69, 9.17) is 0 Å². The SMILES string of the molecule is Cc1cc(-c2cc(-c3cc4ccc(CN5CCCC5C(=O)O)cc4[nH]3)c(=O)[nH]n2)cc(C)c1O. The lowest BCUT2D eigenvalue weighted by atomic mass is 10.0. The van der Waals surface area contributed by atoms with Gasteiger partial charge in [-0.2, -0.15) is 5.10 Å². The maximum atomic E-state index is 12.6. The largest absolute Gasteiger partial charge is 0.507 e. The number of likely N-dealkylation sites (tertiary alicyclic amines) is 1. The molecule has 0 aliphatic carbocycles. The first kappa shape index (κ1) is 21.9. The minimum Gasteiger partial charge on any atom is -0.507 e. The molecule has 0 saturated carbocycles. The van der Waals surface area contributed by atoms with Crippen molar-refractivity contribution in [2.45, 2.75) is 39.3 Å². The van der Waals surface area contributed by atoms with Crippen LogP contribution in [-0.2, 0) is 11.3 Å². The fourth-order valence-electron chi connectivity index (χ4n) is 4.80. The number of nitrogens with zero attached hydrogens (tertiary/aromatic N) is 2. The summed E-state index contributed by atoms with van der Waals surface area (Å²) in [5, 5.41) is 27.3. The van der Waals surface area contributed by atoms with Crippen molar-refractivity contribution in [1.29, 1.82) is 0 Å². The lowest BCUT2D eigenvalue weighted by molar-refractivity contribution is -0.142. The second-order valence-corrected chi connectivity index (χ2v) is 9.03. The summed E-state index contributed by atoms with van der Waals surface area (Å²) in [6, 6.07) is 12.9. The number of rotatable bonds is 5. The van der Waals surface area contributed by atoms with Gasteiger partial charge in [-0.3, -0.25) is 14.5 Å². The zero-order valence-electron chi connectivity index (χ0n) is 19.1. The van der Waals surface area contributed by atoms with E-state index in [9.17, 15) is 19.8 Å². The molecule has 4 aromatic rings. The number of phenolic OH excluding ortho intramolecular Hbond substituents is 1. The number of hydrogen-bond donors (Lipinski definition) is 4. The van der Waals surface area contributed by atoms with Gasteiger partial charge in [-0.15, -0.1) is 0 Å². The van der Waals surface area contributed by atoms with Gasteiger partial charge in [0, 0.05) is 23.0 Å². The summed E-state index contributed by atoms with van der Waals surface area (Å²) in [5.41, 5.74) is 5.64. The molecule has 1 fully saturated rings. The Morgan fingerprint density at radius 3 is 2.65 bits per heavy atom. The molecule has 5 rings (SSSR count). The van der Waals surface area contributed by atoms with E-state index < -0.39 is 12.0 Å². The highest BCUT2D eigenvalue weighted by atomic mass is 16.4. The topological polar surface area (TPSA) is 122 Å². The number of aromatic nitrogens is 3. The molecular formula is C26H26N4O4. The van der Waals surface area contributed by atoms with Crippen molar-refractivity contribution in [3.63, 3.8) is 0 Å². The average molecular weight is 459 g/mol. The Morgan fingerprint density at radius 2 is 1.91 bits per heavy atom. The quantitative estimate of drug-likeness (QED) is 0.359. The third-order valence-electron chi connectivity index (χ3n) is 6.60. The van der Waals surface area contributed by atoms with E-state index in [0.29, 0.717) is 29.9 Å². The number of aryl methyl sites for hydroxylation is 2. The van der Waals surface area contributed by atoms with Crippen molar-refractivity contribution in [2.24, 2.45) is 0 Å². The van der Waals surface area contributed by atoms with Crippen LogP contribution in [0.4, 0.5) is 0 Å². The van der Waals surface area contributed by atoms with Gasteiger partial charge in [-0.05, 0) is 80.3 Å². The number of carboxylic acids is 1. The third kappa shape index (κ3) is 3.97. The fourth-order valence-corrected chi connectivity index (χ4v) is 4.80. The second-order valence-electron chi connectivity index (χ2n) is 9.03. The minimum absolute atomic E-state index is 0.253. The average Bonchev–Trinajstić information content (AvgIpc) is 3.44. The maximum Gasteiger partial charge on any atom is 0.320 e. The molecule has 1 aliphatic heterocycles. The zero-order valence-corrected chi connectivity index (χ0v) is 19.1. The van der Waals surface area contributed by atoms with Gasteiger partial charge in [0.25, 0.3) is 5.56 Å². The minimum atomic E-state index is -0.771. The van der Waals surface area contributed by atoms with Gasteiger partial charge in [0.2, 0.25) is 0 Å². The lowest BCUT2D eigenvalue weighted by Crippen LogP contribution is -2.35. The Balaban J connectivity index is 1.48. The molecule has 8 nitrogen and oxygen atoms in total. The summed E-state index contributed by atoms with van der Waals surface area (Å²) in [6.07, 6.45) is 1.57. The molecule has 2 aromatic carbocycles. The number of benzene rings is 2. The van der Waals surface area contributed by atoms with Crippen LogP contribution < -0.4 is 5.56 Å². The first-order valence-electron chi connectivity index (χ1n) is 11.3. The molecule has 8 heteroatoms. The number of nitrogens with one attached hydrogen (secondary N) is 2. The number of phenols is 1. The van der Waals surface area contributed by atoms with Crippen LogP contribution in [0, 0.1) is 13.8 Å². The van der Waals surface area contributed by atoms with Gasteiger partial charge >= 0.3 is 5.97 Å². The van der Waals surface area contributed by atoms with E-state index in [1.165, 1.54) is 0 Å². The molecule has 0 bridgehead atoms. The number of H-pyrrole nitrogens is 2. The van der Waals surface area contributed by atoms with E-state index in [1.807, 2.05) is 55.1 Å². The number of aliphatic carboxylic acids is 1. The summed E-state index contributed by atoms with van der Waals surface area (Å²) < 4.78 is 0. The van der Waals surface area contributed by atoms with Crippen LogP contribution in [0.5, 0.6) is 5.75 Å². The van der Waals surface area contributed by atoms with Crippen LogP contribution >= 0.6 is 0 Å². The molecular weight excluding hydrogens is 432 g/mol. The monoisotopic (exact) mass is 458 g/mol. The van der Waals surface area contributed by atoms with Gasteiger partial charge in [0.05, 0.1) is 17.0 Å². The zero-order chi connectivity index (χ0) is 24.0. The number of carboxylic acid groups (broad SMARTS) is 1. The number of fused-ring (bicyclic) bond motifs is 1. The Labute approximate surface area is 195 Å². The van der Waals surface area contributed by atoms with Crippen LogP contribution in [-0.4, -0.2) is 48.9 Å². The smallest absolute Gasteiger partial charge is 0.320 e. The molecule has 0 spiro atoms. The Bertz CT molecular complexity index is 1450. The van der Waals surface area contributed by atoms with Gasteiger partial charge in [0.15, 0.2) is 0 Å². The van der Waals surface area contributed by atoms with Crippen molar-refractivity contribution >= 4 is 16.9 Å². The first-order chi connectivity index (χ1) is 16.3. The van der Waals surface area contributed by atoms with Crippen molar-refractivity contribution < 1.29 is 15.0 Å². The predicted octanol–water partition coefficient (Wildman–Crippen LogP) is 3.96. The number of carbonyl (C=O) groups is 1. The van der Waals surface area contributed by atoms with Crippen molar-refractivity contribution in [2.75, 3.05) is 6.54 Å². The molecule has 1 unspecified atom stereocenters. The van der Waals surface area contributed by atoms with Gasteiger partial charge in [0.1, 0.15) is 11.8 Å². The molecule has 1 atom stereocenters. The summed E-state index contributed by atoms with van der Waals surface area (Å²) in [6.45, 7) is 5.00. The van der Waals surface area contributed by atoms with Crippen molar-refractivity contribution in [1.82, 2.24) is 20.1 Å². The Morgan fingerprint density at radius 1 is 1.15 bits per heavy atom. The summed E-state index contributed by atoms with van der Waals surface area (Å²) in [5.74, 6) is -0.518. The van der Waals surface area contributed by atoms with Crippen LogP contribution in [0.1, 0.15) is 29.5 Å². The second kappa shape index (κ2) is 8.46. The van der Waals surface area contributed by atoms with E-state index in [0.717, 1.165) is 46.1 Å². The molecule has 0 amide bonds. The predicted molar refractivity (Wildman–Crippen MR) is 130 cm³/mol. The summed E-state index contributed by atoms with van der Waals surface area (Å²) in [7, 11) is 0. The molecule has 174 valence electrons. The molecule has 1 saturated heterocycles.